The van der Waals surface area contributed by atoms with E-state index in [1.165, 1.54) is 50.6 Å². The molecule has 2 aliphatic heterocycles. The lowest BCUT2D eigenvalue weighted by molar-refractivity contribution is -0.131. The summed E-state index contributed by atoms with van der Waals surface area (Å²) < 4.78 is 7.16. The number of allylic oxidation sites excluding steroid dienone is 2. The van der Waals surface area contributed by atoms with Crippen LogP contribution in [0, 0.1) is 29.6 Å². The number of hydrogen-bond donors (Lipinski definition) is 0. The van der Waals surface area contributed by atoms with Crippen molar-refractivity contribution in [1.82, 2.24) is 4.90 Å². The predicted octanol–water partition coefficient (Wildman–Crippen LogP) is 6.16. The molecule has 3 nitrogen and oxygen atoms in total. The molecule has 30 heavy (non-hydrogen) atoms. The number of rotatable bonds is 2. The van der Waals surface area contributed by atoms with E-state index >= 15 is 0 Å². The molecule has 0 amide bonds. The first-order chi connectivity index (χ1) is 14.1. The Bertz CT molecular complexity index is 738. The Hall–Kier alpha value is -0.613. The first-order valence-electron chi connectivity index (χ1n) is 12.8. The first-order valence-corrected chi connectivity index (χ1v) is 15.7. The van der Waals surface area contributed by atoms with E-state index in [1.807, 2.05) is 0 Å². The smallest absolute Gasteiger partial charge is 0.192 e. The fraction of sp³-hybridized carbons (Fsp3) is 0.885. The normalized spacial score (nSPS) is 43.6. The average Bonchev–Trinajstić information content (AvgIpc) is 2.66. The summed E-state index contributed by atoms with van der Waals surface area (Å²) in [5, 5.41) is 0.262. The van der Waals surface area contributed by atoms with Gasteiger partial charge in [0.15, 0.2) is 14.1 Å². The molecule has 0 N–H and O–H groups in total. The van der Waals surface area contributed by atoms with Crippen molar-refractivity contribution >= 4 is 14.1 Å². The minimum Gasteiger partial charge on any atom is -0.414 e. The number of piperidine rings is 2. The van der Waals surface area contributed by atoms with Gasteiger partial charge in [-0.15, -0.1) is 0 Å². The van der Waals surface area contributed by atoms with Gasteiger partial charge < -0.3 is 9.33 Å². The Morgan fingerprint density at radius 1 is 1.03 bits per heavy atom. The maximum Gasteiger partial charge on any atom is 0.192 e. The van der Waals surface area contributed by atoms with Crippen molar-refractivity contribution in [2.24, 2.45) is 29.6 Å². The zero-order valence-corrected chi connectivity index (χ0v) is 21.1. The Morgan fingerprint density at radius 3 is 2.50 bits per heavy atom. The minimum atomic E-state index is -1.79. The lowest BCUT2D eigenvalue weighted by atomic mass is 9.55. The second-order valence-corrected chi connectivity index (χ2v) is 17.5. The predicted molar refractivity (Wildman–Crippen MR) is 125 cm³/mol. The maximum absolute atomic E-state index is 13.1. The number of fused-ring (bicyclic) bond motifs is 6. The Kier molecular flexibility index (Phi) is 5.10. The molecule has 2 unspecified atom stereocenters. The van der Waals surface area contributed by atoms with Crippen LogP contribution in [0.15, 0.2) is 11.8 Å². The summed E-state index contributed by atoms with van der Waals surface area (Å²) in [4.78, 5) is 15.9. The Morgan fingerprint density at radius 2 is 1.77 bits per heavy atom. The molecule has 4 heteroatoms. The number of nitrogens with zero attached hydrogens (tertiary/aromatic N) is 1. The molecule has 2 saturated heterocycles. The van der Waals surface area contributed by atoms with Crippen molar-refractivity contribution in [3.05, 3.63) is 11.8 Å². The highest BCUT2D eigenvalue weighted by atomic mass is 28.4. The number of carbonyl (C=O) groups is 1. The number of hydrogen-bond acceptors (Lipinski definition) is 3. The molecule has 0 aromatic heterocycles. The van der Waals surface area contributed by atoms with Crippen LogP contribution in [0.5, 0.6) is 0 Å². The Balaban J connectivity index is 1.51. The maximum atomic E-state index is 13.1. The van der Waals surface area contributed by atoms with Gasteiger partial charge in [-0.3, -0.25) is 4.79 Å². The zero-order chi connectivity index (χ0) is 21.4. The quantitative estimate of drug-likeness (QED) is 0.492. The van der Waals surface area contributed by atoms with Gasteiger partial charge >= 0.3 is 0 Å². The van der Waals surface area contributed by atoms with E-state index < -0.39 is 8.32 Å². The van der Waals surface area contributed by atoms with Crippen molar-refractivity contribution in [2.75, 3.05) is 0 Å². The molecule has 0 aromatic carbocycles. The summed E-state index contributed by atoms with van der Waals surface area (Å²) in [6.07, 6.45) is 12.6. The van der Waals surface area contributed by atoms with Crippen LogP contribution in [0.2, 0.25) is 18.1 Å². The zero-order valence-electron chi connectivity index (χ0n) is 20.1. The third-order valence-corrected chi connectivity index (χ3v) is 14.6. The minimum absolute atomic E-state index is 0.262. The summed E-state index contributed by atoms with van der Waals surface area (Å²) in [6, 6.07) is 1.17. The van der Waals surface area contributed by atoms with Gasteiger partial charge in [-0.25, -0.2) is 0 Å². The molecule has 168 valence electrons. The highest BCUT2D eigenvalue weighted by Gasteiger charge is 2.57. The lowest BCUT2D eigenvalue weighted by Crippen LogP contribution is -2.64. The van der Waals surface area contributed by atoms with Crippen LogP contribution < -0.4 is 0 Å². The molecule has 5 rings (SSSR count). The van der Waals surface area contributed by atoms with Crippen molar-refractivity contribution in [2.45, 2.75) is 115 Å². The van der Waals surface area contributed by atoms with Crippen molar-refractivity contribution in [3.8, 4) is 0 Å². The molecule has 8 atom stereocenters. The molecule has 0 radical (unpaired) electrons. The molecule has 2 heterocycles. The van der Waals surface area contributed by atoms with Crippen LogP contribution >= 0.6 is 0 Å². The fourth-order valence-corrected chi connectivity index (χ4v) is 9.06. The van der Waals surface area contributed by atoms with Crippen LogP contribution in [0.25, 0.3) is 0 Å². The van der Waals surface area contributed by atoms with Gasteiger partial charge in [-0.1, -0.05) is 33.6 Å². The van der Waals surface area contributed by atoms with Gasteiger partial charge in [-0.05, 0) is 75.4 Å². The summed E-state index contributed by atoms with van der Waals surface area (Å²) >= 11 is 0. The van der Waals surface area contributed by atoms with Crippen LogP contribution in [0.1, 0.15) is 79.1 Å². The van der Waals surface area contributed by atoms with Gasteiger partial charge in [0.05, 0.1) is 6.10 Å². The van der Waals surface area contributed by atoms with E-state index in [0.717, 1.165) is 6.42 Å². The highest BCUT2D eigenvalue weighted by Crippen LogP contribution is 2.58. The van der Waals surface area contributed by atoms with Crippen molar-refractivity contribution in [3.63, 3.8) is 0 Å². The largest absolute Gasteiger partial charge is 0.414 e. The van der Waals surface area contributed by atoms with E-state index in [9.17, 15) is 4.79 Å². The summed E-state index contributed by atoms with van der Waals surface area (Å²) in [5.41, 5.74) is 1.45. The third-order valence-electron chi connectivity index (χ3n) is 10.1. The molecule has 3 aliphatic carbocycles. The van der Waals surface area contributed by atoms with Crippen LogP contribution in [-0.4, -0.2) is 37.2 Å². The molecule has 0 spiro atoms. The molecular weight excluding hydrogens is 386 g/mol. The second-order valence-electron chi connectivity index (χ2n) is 12.8. The van der Waals surface area contributed by atoms with E-state index in [4.69, 9.17) is 4.43 Å². The SMILES string of the molecule is C[C@H]1CCC2C(O[Si](C)(C)C(C)(C)C)C[C@@H]3C[C@@H]2N1C1=CC(=O)[C@@H]2CCCC[C@H]2[C@@H]13. The van der Waals surface area contributed by atoms with Crippen molar-refractivity contribution in [1.29, 1.82) is 0 Å². The third kappa shape index (κ3) is 3.18. The standard InChI is InChI=1S/C26H43NO2Si/c1-16-11-12-20-21-13-17(14-24(20)29-30(5,6)26(2,3)4)25-19-10-8-7-9-18(19)23(28)15-22(25)27(16)21/h15-21,24-25H,7-14H2,1-6H3/t16-,17-,18+,19+,20?,21-,24?,25-/m0/s1. The molecule has 0 aromatic rings. The molecule has 2 saturated carbocycles. The molecule has 2 bridgehead atoms. The fourth-order valence-electron chi connectivity index (χ4n) is 7.68. The average molecular weight is 430 g/mol. The summed E-state index contributed by atoms with van der Waals surface area (Å²) in [7, 11) is -1.79. The molecule has 5 aliphatic rings. The number of carbonyl (C=O) groups excluding carboxylic acids is 1. The highest BCUT2D eigenvalue weighted by molar-refractivity contribution is 6.74. The van der Waals surface area contributed by atoms with Gasteiger partial charge in [0, 0.05) is 41.6 Å². The van der Waals surface area contributed by atoms with Gasteiger partial charge in [0.25, 0.3) is 0 Å². The van der Waals surface area contributed by atoms with Crippen LogP contribution in [-0.2, 0) is 9.22 Å². The first kappa shape index (κ1) is 21.2. The second kappa shape index (κ2) is 7.20. The van der Waals surface area contributed by atoms with Gasteiger partial charge in [0.1, 0.15) is 0 Å². The summed E-state index contributed by atoms with van der Waals surface area (Å²) in [6.45, 7) is 14.4. The van der Waals surface area contributed by atoms with Crippen molar-refractivity contribution < 1.29 is 9.22 Å². The molecular formula is C26H43NO2Si. The van der Waals surface area contributed by atoms with Gasteiger partial charge in [-0.2, -0.15) is 0 Å². The van der Waals surface area contributed by atoms with Gasteiger partial charge in [0.2, 0.25) is 0 Å². The Labute approximate surface area is 185 Å². The van der Waals surface area contributed by atoms with Crippen LogP contribution in [0.4, 0.5) is 0 Å². The molecule has 4 fully saturated rings. The lowest BCUT2D eigenvalue weighted by Gasteiger charge is -2.63. The monoisotopic (exact) mass is 429 g/mol. The van der Waals surface area contributed by atoms with E-state index in [2.05, 4.69) is 51.8 Å². The van der Waals surface area contributed by atoms with E-state index in [1.54, 1.807) is 0 Å². The van der Waals surface area contributed by atoms with E-state index in [-0.39, 0.29) is 5.04 Å². The topological polar surface area (TPSA) is 29.5 Å². The number of ketones is 1. The van der Waals surface area contributed by atoms with E-state index in [0.29, 0.717) is 53.6 Å². The van der Waals surface area contributed by atoms with Crippen LogP contribution in [0.3, 0.4) is 0 Å². The summed E-state index contributed by atoms with van der Waals surface area (Å²) in [5.74, 6) is 3.32.